The Morgan fingerprint density at radius 1 is 0.976 bits per heavy atom. The predicted octanol–water partition coefficient (Wildman–Crippen LogP) is 6.97. The zero-order valence-corrected chi connectivity index (χ0v) is 23.8. The van der Waals surface area contributed by atoms with Crippen LogP contribution in [0.5, 0.6) is 11.5 Å². The molecule has 0 saturated carbocycles. The molecule has 3 aromatic carbocycles. The number of rotatable bonds is 9. The molecule has 4 rings (SSSR count). The maximum absolute atomic E-state index is 12.4. The number of anilines is 1. The van der Waals surface area contributed by atoms with Gasteiger partial charge >= 0.3 is 0 Å². The van der Waals surface area contributed by atoms with Crippen molar-refractivity contribution in [2.45, 2.75) is 13.8 Å². The summed E-state index contributed by atoms with van der Waals surface area (Å²) in [5.41, 5.74) is 3.81. The Balaban J connectivity index is 0.000000352. The SMILES string of the molecule is C=C/C=C(\C=NC)C(=O)Nc1ccc(-c2oc(-c3ccccc3)nc2C(C)=O)cc1.COc1ccc(OC)c(C)c1. The molecule has 1 heterocycles. The van der Waals surface area contributed by atoms with E-state index in [1.807, 2.05) is 55.5 Å². The molecule has 0 aliphatic carbocycles. The second kappa shape index (κ2) is 14.8. The van der Waals surface area contributed by atoms with Crippen LogP contribution >= 0.6 is 0 Å². The summed E-state index contributed by atoms with van der Waals surface area (Å²) in [5.74, 6) is 2.04. The molecule has 4 aromatic rings. The van der Waals surface area contributed by atoms with Crippen molar-refractivity contribution in [1.82, 2.24) is 4.98 Å². The number of aliphatic imine (C=N–C) groups is 1. The van der Waals surface area contributed by atoms with Gasteiger partial charge in [-0.25, -0.2) is 4.98 Å². The topological polar surface area (TPSA) is 103 Å². The fourth-order valence-electron chi connectivity index (χ4n) is 3.79. The van der Waals surface area contributed by atoms with E-state index in [0.29, 0.717) is 28.5 Å². The molecule has 0 unspecified atom stereocenters. The summed E-state index contributed by atoms with van der Waals surface area (Å²) >= 11 is 0. The van der Waals surface area contributed by atoms with Gasteiger partial charge in [-0.05, 0) is 73.2 Å². The number of oxazole rings is 1. The number of methoxy groups -OCH3 is 2. The lowest BCUT2D eigenvalue weighted by Gasteiger charge is -2.06. The van der Waals surface area contributed by atoms with Crippen molar-refractivity contribution in [2.75, 3.05) is 26.6 Å². The number of Topliss-reactive ketones (excluding diaryl/α,β-unsaturated/α-hetero) is 1. The van der Waals surface area contributed by atoms with Crippen molar-refractivity contribution in [3.63, 3.8) is 0 Å². The highest BCUT2D eigenvalue weighted by atomic mass is 16.5. The predicted molar refractivity (Wildman–Crippen MR) is 163 cm³/mol. The van der Waals surface area contributed by atoms with Gasteiger partial charge in [0.2, 0.25) is 5.89 Å². The summed E-state index contributed by atoms with van der Waals surface area (Å²) in [6.45, 7) is 7.04. The molecule has 0 aliphatic rings. The largest absolute Gasteiger partial charge is 0.497 e. The molecule has 210 valence electrons. The first-order valence-corrected chi connectivity index (χ1v) is 12.7. The van der Waals surface area contributed by atoms with Crippen LogP contribution in [0.25, 0.3) is 22.8 Å². The van der Waals surface area contributed by atoms with Gasteiger partial charge in [0, 0.05) is 37.0 Å². The number of ether oxygens (including phenoxy) is 2. The van der Waals surface area contributed by atoms with Gasteiger partial charge in [0.25, 0.3) is 5.91 Å². The lowest BCUT2D eigenvalue weighted by atomic mass is 10.1. The zero-order chi connectivity index (χ0) is 29.8. The smallest absolute Gasteiger partial charge is 0.257 e. The molecule has 0 aliphatic heterocycles. The van der Waals surface area contributed by atoms with E-state index in [-0.39, 0.29) is 17.4 Å². The van der Waals surface area contributed by atoms with Crippen LogP contribution in [0.1, 0.15) is 23.0 Å². The standard InChI is InChI=1S/C24H21N3O3.C9H12O2/c1-4-8-19(15-25-3)23(29)26-20-13-11-17(12-14-20)22-21(16(2)28)27-24(30-22)18-9-6-5-7-10-18;1-7-6-8(10-2)4-5-9(7)11-3/h4-15H,1H2,2-3H3,(H,26,29);4-6H,1-3H3/b19-8+,25-15?;. The Morgan fingerprint density at radius 2 is 1.68 bits per heavy atom. The Hall–Kier alpha value is -5.24. The van der Waals surface area contributed by atoms with Crippen molar-refractivity contribution in [3.05, 3.63) is 108 Å². The number of nitrogens with zero attached hydrogens (tertiary/aromatic N) is 2. The van der Waals surface area contributed by atoms with Crippen LogP contribution in [0.15, 0.2) is 107 Å². The van der Waals surface area contributed by atoms with Gasteiger partial charge in [0.05, 0.1) is 19.8 Å². The summed E-state index contributed by atoms with van der Waals surface area (Å²) in [4.78, 5) is 32.7. The number of hydrogen-bond donors (Lipinski definition) is 1. The van der Waals surface area contributed by atoms with Gasteiger partial charge in [-0.3, -0.25) is 14.6 Å². The molecular formula is C33H33N3O5. The highest BCUT2D eigenvalue weighted by Gasteiger charge is 2.19. The van der Waals surface area contributed by atoms with E-state index in [1.165, 1.54) is 19.2 Å². The summed E-state index contributed by atoms with van der Waals surface area (Å²) in [6.07, 6.45) is 4.57. The van der Waals surface area contributed by atoms with Crippen LogP contribution in [0.3, 0.4) is 0 Å². The minimum absolute atomic E-state index is 0.189. The molecule has 8 nitrogen and oxygen atoms in total. The molecule has 0 atom stereocenters. The first-order chi connectivity index (χ1) is 19.8. The summed E-state index contributed by atoms with van der Waals surface area (Å²) in [6, 6.07) is 22.1. The highest BCUT2D eigenvalue weighted by Crippen LogP contribution is 2.31. The summed E-state index contributed by atoms with van der Waals surface area (Å²) in [5, 5.41) is 2.80. The number of nitrogens with one attached hydrogen (secondary N) is 1. The molecule has 1 aromatic heterocycles. The van der Waals surface area contributed by atoms with Crippen LogP contribution in [0.2, 0.25) is 0 Å². The molecule has 8 heteroatoms. The third-order valence-corrected chi connectivity index (χ3v) is 5.82. The molecule has 0 bridgehead atoms. The number of carbonyl (C=O) groups is 2. The van der Waals surface area contributed by atoms with Crippen molar-refractivity contribution in [3.8, 4) is 34.3 Å². The highest BCUT2D eigenvalue weighted by molar-refractivity contribution is 6.18. The van der Waals surface area contributed by atoms with Crippen LogP contribution in [0.4, 0.5) is 5.69 Å². The van der Waals surface area contributed by atoms with E-state index < -0.39 is 0 Å². The number of benzene rings is 3. The van der Waals surface area contributed by atoms with Gasteiger partial charge in [-0.2, -0.15) is 0 Å². The van der Waals surface area contributed by atoms with Gasteiger partial charge in [-0.1, -0.05) is 30.9 Å². The molecule has 1 amide bonds. The Labute approximate surface area is 240 Å². The lowest BCUT2D eigenvalue weighted by molar-refractivity contribution is -0.112. The molecule has 0 saturated heterocycles. The minimum atomic E-state index is -0.302. The fourth-order valence-corrected chi connectivity index (χ4v) is 3.79. The molecular weight excluding hydrogens is 518 g/mol. The monoisotopic (exact) mass is 551 g/mol. The minimum Gasteiger partial charge on any atom is -0.497 e. The van der Waals surface area contributed by atoms with Crippen molar-refractivity contribution >= 4 is 23.6 Å². The second-order valence-corrected chi connectivity index (χ2v) is 8.73. The number of aryl methyl sites for hydroxylation is 1. The van der Waals surface area contributed by atoms with Crippen molar-refractivity contribution in [1.29, 1.82) is 0 Å². The van der Waals surface area contributed by atoms with Crippen molar-refractivity contribution in [2.24, 2.45) is 4.99 Å². The molecule has 0 radical (unpaired) electrons. The van der Waals surface area contributed by atoms with E-state index in [9.17, 15) is 9.59 Å². The molecule has 1 N–H and O–H groups in total. The molecule has 0 spiro atoms. The first kappa shape index (κ1) is 30.3. The van der Waals surface area contributed by atoms with E-state index in [2.05, 4.69) is 21.9 Å². The van der Waals surface area contributed by atoms with Crippen LogP contribution in [-0.2, 0) is 4.79 Å². The number of allylic oxidation sites excluding steroid dienone is 2. The number of ketones is 1. The van der Waals surface area contributed by atoms with Crippen LogP contribution in [0, 0.1) is 6.92 Å². The second-order valence-electron chi connectivity index (χ2n) is 8.73. The van der Waals surface area contributed by atoms with Crippen molar-refractivity contribution < 1.29 is 23.5 Å². The third-order valence-electron chi connectivity index (χ3n) is 5.82. The number of carbonyl (C=O) groups excluding carboxylic acids is 2. The number of amides is 1. The average Bonchev–Trinajstić information content (AvgIpc) is 3.44. The molecule has 0 fully saturated rings. The number of hydrogen-bond acceptors (Lipinski definition) is 7. The van der Waals surface area contributed by atoms with Crippen LogP contribution < -0.4 is 14.8 Å². The molecule has 41 heavy (non-hydrogen) atoms. The third kappa shape index (κ3) is 8.12. The van der Waals surface area contributed by atoms with Gasteiger partial charge in [-0.15, -0.1) is 0 Å². The summed E-state index contributed by atoms with van der Waals surface area (Å²) in [7, 11) is 4.91. The normalized spacial score (nSPS) is 10.9. The maximum Gasteiger partial charge on any atom is 0.257 e. The van der Waals surface area contributed by atoms with E-state index >= 15 is 0 Å². The van der Waals surface area contributed by atoms with E-state index in [0.717, 1.165) is 22.6 Å². The fraction of sp³-hybridized carbons (Fsp3) is 0.152. The Kier molecular flexibility index (Phi) is 10.9. The lowest BCUT2D eigenvalue weighted by Crippen LogP contribution is -2.15. The number of aromatic nitrogens is 1. The van der Waals surface area contributed by atoms with E-state index in [1.54, 1.807) is 51.6 Å². The van der Waals surface area contributed by atoms with Gasteiger partial charge < -0.3 is 19.2 Å². The Bertz CT molecular complexity index is 1550. The zero-order valence-electron chi connectivity index (χ0n) is 23.8. The van der Waals surface area contributed by atoms with Gasteiger partial charge in [0.15, 0.2) is 17.2 Å². The first-order valence-electron chi connectivity index (χ1n) is 12.7. The average molecular weight is 552 g/mol. The van der Waals surface area contributed by atoms with E-state index in [4.69, 9.17) is 13.9 Å². The van der Waals surface area contributed by atoms with Gasteiger partial charge in [0.1, 0.15) is 11.5 Å². The summed E-state index contributed by atoms with van der Waals surface area (Å²) < 4.78 is 16.0. The quantitative estimate of drug-likeness (QED) is 0.104. The van der Waals surface area contributed by atoms with Crippen LogP contribution in [-0.4, -0.2) is 44.2 Å². The maximum atomic E-state index is 12.4. The Morgan fingerprint density at radius 3 is 2.24 bits per heavy atom.